The summed E-state index contributed by atoms with van der Waals surface area (Å²) in [5.41, 5.74) is 5.76. The lowest BCUT2D eigenvalue weighted by Gasteiger charge is -2.24. The van der Waals surface area contributed by atoms with E-state index in [1.165, 1.54) is 11.3 Å². The zero-order valence-corrected chi connectivity index (χ0v) is 16.3. The molecule has 1 heterocycles. The molecule has 1 aliphatic rings. The number of hydrogen-bond donors (Lipinski definition) is 0. The van der Waals surface area contributed by atoms with Crippen molar-refractivity contribution in [2.75, 3.05) is 24.0 Å². The summed E-state index contributed by atoms with van der Waals surface area (Å²) in [5, 5.41) is 7.85. The van der Waals surface area contributed by atoms with Crippen molar-refractivity contribution in [2.24, 2.45) is 5.10 Å². The zero-order valence-electron chi connectivity index (χ0n) is 15.5. The Kier molecular flexibility index (Phi) is 4.87. The second-order valence-corrected chi connectivity index (χ2v) is 7.38. The second-order valence-electron chi connectivity index (χ2n) is 6.94. The molecule has 136 valence electrons. The predicted molar refractivity (Wildman–Crippen MR) is 115 cm³/mol. The maximum atomic E-state index is 6.05. The van der Waals surface area contributed by atoms with Crippen molar-refractivity contribution in [1.82, 2.24) is 0 Å². The number of anilines is 2. The number of benzene rings is 3. The first-order chi connectivity index (χ1) is 13.1. The summed E-state index contributed by atoms with van der Waals surface area (Å²) in [6.07, 6.45) is 0.859. The Bertz CT molecular complexity index is 932. The minimum Gasteiger partial charge on any atom is -0.378 e. The van der Waals surface area contributed by atoms with Crippen LogP contribution in [0.25, 0.3) is 0 Å². The first-order valence-electron chi connectivity index (χ1n) is 9.07. The van der Waals surface area contributed by atoms with Crippen LogP contribution in [0.3, 0.4) is 0 Å². The van der Waals surface area contributed by atoms with Gasteiger partial charge in [-0.3, -0.25) is 5.01 Å². The van der Waals surface area contributed by atoms with Crippen molar-refractivity contribution >= 4 is 28.7 Å². The molecule has 0 saturated carbocycles. The van der Waals surface area contributed by atoms with Crippen molar-refractivity contribution in [2.45, 2.75) is 12.5 Å². The first kappa shape index (κ1) is 17.6. The minimum atomic E-state index is 0.175. The molecule has 0 saturated heterocycles. The molecule has 3 aromatic rings. The summed E-state index contributed by atoms with van der Waals surface area (Å²) in [6.45, 7) is 0. The van der Waals surface area contributed by atoms with E-state index in [-0.39, 0.29) is 6.04 Å². The number of rotatable bonds is 4. The molecule has 3 aromatic carbocycles. The molecule has 0 N–H and O–H groups in total. The Balaban J connectivity index is 1.70. The average Bonchev–Trinajstić information content (AvgIpc) is 3.15. The average molecular weight is 376 g/mol. The van der Waals surface area contributed by atoms with E-state index in [4.69, 9.17) is 16.7 Å². The predicted octanol–water partition coefficient (Wildman–Crippen LogP) is 5.76. The maximum Gasteiger partial charge on any atom is 0.0831 e. The van der Waals surface area contributed by atoms with Crippen LogP contribution in [0.4, 0.5) is 11.4 Å². The monoisotopic (exact) mass is 375 g/mol. The van der Waals surface area contributed by atoms with Gasteiger partial charge in [-0.2, -0.15) is 5.10 Å². The van der Waals surface area contributed by atoms with Crippen LogP contribution >= 0.6 is 11.6 Å². The van der Waals surface area contributed by atoms with Crippen LogP contribution in [0.15, 0.2) is 84.0 Å². The Hall–Kier alpha value is -2.78. The summed E-state index contributed by atoms with van der Waals surface area (Å²) < 4.78 is 0. The van der Waals surface area contributed by atoms with Gasteiger partial charge in [-0.15, -0.1) is 0 Å². The normalized spacial score (nSPS) is 16.3. The van der Waals surface area contributed by atoms with Gasteiger partial charge in [0.2, 0.25) is 0 Å². The Morgan fingerprint density at radius 1 is 0.889 bits per heavy atom. The van der Waals surface area contributed by atoms with Crippen LogP contribution in [-0.2, 0) is 0 Å². The smallest absolute Gasteiger partial charge is 0.0831 e. The third kappa shape index (κ3) is 3.69. The highest BCUT2D eigenvalue weighted by molar-refractivity contribution is 6.30. The van der Waals surface area contributed by atoms with E-state index >= 15 is 0 Å². The highest BCUT2D eigenvalue weighted by Crippen LogP contribution is 2.37. The van der Waals surface area contributed by atoms with Gasteiger partial charge in [-0.05, 0) is 47.5 Å². The lowest BCUT2D eigenvalue weighted by atomic mass is 9.98. The second kappa shape index (κ2) is 7.45. The van der Waals surface area contributed by atoms with Gasteiger partial charge in [0.05, 0.1) is 17.4 Å². The molecular weight excluding hydrogens is 354 g/mol. The van der Waals surface area contributed by atoms with Crippen LogP contribution in [0.1, 0.15) is 23.6 Å². The highest BCUT2D eigenvalue weighted by atomic mass is 35.5. The van der Waals surface area contributed by atoms with E-state index in [0.29, 0.717) is 0 Å². The highest BCUT2D eigenvalue weighted by Gasteiger charge is 2.29. The zero-order chi connectivity index (χ0) is 18.8. The molecule has 1 aliphatic heterocycles. The standard InChI is InChI=1S/C23H22ClN3/c1-26(2)20-14-10-18(11-15-20)23-16-22(17-8-12-19(24)13-9-17)25-27(23)21-6-4-3-5-7-21/h3-15,23H,16H2,1-2H3/t23-/m0/s1. The quantitative estimate of drug-likeness (QED) is 0.577. The molecule has 27 heavy (non-hydrogen) atoms. The number of hydrazone groups is 1. The lowest BCUT2D eigenvalue weighted by molar-refractivity contribution is 0.709. The molecule has 0 fully saturated rings. The van der Waals surface area contributed by atoms with Gasteiger partial charge in [0.25, 0.3) is 0 Å². The van der Waals surface area contributed by atoms with E-state index in [0.717, 1.165) is 28.4 Å². The summed E-state index contributed by atoms with van der Waals surface area (Å²) in [7, 11) is 4.12. The molecule has 0 bridgehead atoms. The van der Waals surface area contributed by atoms with Crippen molar-refractivity contribution in [1.29, 1.82) is 0 Å². The van der Waals surface area contributed by atoms with Crippen molar-refractivity contribution in [3.05, 3.63) is 95.0 Å². The van der Waals surface area contributed by atoms with Crippen LogP contribution in [0.2, 0.25) is 5.02 Å². The molecule has 0 aromatic heterocycles. The molecule has 3 nitrogen and oxygen atoms in total. The number of halogens is 1. The SMILES string of the molecule is CN(C)c1ccc([C@@H]2CC(c3ccc(Cl)cc3)=NN2c2ccccc2)cc1. The van der Waals surface area contributed by atoms with Crippen LogP contribution in [-0.4, -0.2) is 19.8 Å². The molecule has 4 rings (SSSR count). The fourth-order valence-electron chi connectivity index (χ4n) is 3.40. The largest absolute Gasteiger partial charge is 0.378 e. The summed E-state index contributed by atoms with van der Waals surface area (Å²) >= 11 is 6.05. The molecule has 0 amide bonds. The topological polar surface area (TPSA) is 18.8 Å². The fourth-order valence-corrected chi connectivity index (χ4v) is 3.53. The van der Waals surface area contributed by atoms with Crippen LogP contribution in [0, 0.1) is 0 Å². The van der Waals surface area contributed by atoms with Gasteiger partial charge < -0.3 is 4.90 Å². The maximum absolute atomic E-state index is 6.05. The van der Waals surface area contributed by atoms with Gasteiger partial charge in [-0.25, -0.2) is 0 Å². The molecule has 4 heteroatoms. The summed E-state index contributed by atoms with van der Waals surface area (Å²) in [4.78, 5) is 2.11. The Labute approximate surface area is 165 Å². The minimum absolute atomic E-state index is 0.175. The molecule has 0 spiro atoms. The van der Waals surface area contributed by atoms with Gasteiger partial charge in [0.15, 0.2) is 0 Å². The third-order valence-corrected chi connectivity index (χ3v) is 5.15. The van der Waals surface area contributed by atoms with E-state index in [1.807, 2.05) is 30.3 Å². The van der Waals surface area contributed by atoms with Crippen LogP contribution in [0.5, 0.6) is 0 Å². The number of para-hydroxylation sites is 1. The van der Waals surface area contributed by atoms with Crippen molar-refractivity contribution in [3.8, 4) is 0 Å². The fraction of sp³-hybridized carbons (Fsp3) is 0.174. The van der Waals surface area contributed by atoms with E-state index in [1.54, 1.807) is 0 Å². The van der Waals surface area contributed by atoms with Gasteiger partial charge in [-0.1, -0.05) is 54.1 Å². The van der Waals surface area contributed by atoms with E-state index in [9.17, 15) is 0 Å². The third-order valence-electron chi connectivity index (χ3n) is 4.90. The molecule has 0 radical (unpaired) electrons. The van der Waals surface area contributed by atoms with Gasteiger partial charge in [0.1, 0.15) is 0 Å². The van der Waals surface area contributed by atoms with Gasteiger partial charge in [0, 0.05) is 31.2 Å². The van der Waals surface area contributed by atoms with Crippen molar-refractivity contribution in [3.63, 3.8) is 0 Å². The van der Waals surface area contributed by atoms with E-state index < -0.39 is 0 Å². The number of hydrogen-bond acceptors (Lipinski definition) is 3. The first-order valence-corrected chi connectivity index (χ1v) is 9.44. The Morgan fingerprint density at radius 2 is 1.56 bits per heavy atom. The summed E-state index contributed by atoms with van der Waals surface area (Å²) in [5.74, 6) is 0. The van der Waals surface area contributed by atoms with Crippen molar-refractivity contribution < 1.29 is 0 Å². The molecule has 0 aliphatic carbocycles. The molecule has 1 atom stereocenters. The van der Waals surface area contributed by atoms with E-state index in [2.05, 4.69) is 72.5 Å². The van der Waals surface area contributed by atoms with Crippen LogP contribution < -0.4 is 9.91 Å². The molecule has 0 unspecified atom stereocenters. The molecular formula is C23H22ClN3. The Morgan fingerprint density at radius 3 is 2.19 bits per heavy atom. The lowest BCUT2D eigenvalue weighted by Crippen LogP contribution is -2.18. The summed E-state index contributed by atoms with van der Waals surface area (Å²) in [6, 6.07) is 27.2. The van der Waals surface area contributed by atoms with Gasteiger partial charge >= 0.3 is 0 Å². The number of nitrogens with zero attached hydrogens (tertiary/aromatic N) is 3.